The molecule has 8 heteroatoms. The molecule has 0 bridgehead atoms. The SMILES string of the molecule is Cc1nc(Sc2ccc([N+](=O)[O-])c(CO)c2)n[nH]1. The Bertz CT molecular complexity index is 584. The molecule has 2 N–H and O–H groups in total. The van der Waals surface area contributed by atoms with Crippen LogP contribution in [0.25, 0.3) is 0 Å². The molecule has 0 amide bonds. The van der Waals surface area contributed by atoms with Gasteiger partial charge in [0.25, 0.3) is 5.69 Å². The number of aryl methyl sites for hydroxylation is 1. The highest BCUT2D eigenvalue weighted by atomic mass is 32.2. The molecule has 0 aliphatic carbocycles. The molecule has 1 aromatic carbocycles. The molecule has 94 valence electrons. The highest BCUT2D eigenvalue weighted by Gasteiger charge is 2.14. The molecule has 0 fully saturated rings. The first-order valence-corrected chi connectivity index (χ1v) is 5.87. The van der Waals surface area contributed by atoms with E-state index in [0.29, 0.717) is 11.0 Å². The minimum absolute atomic E-state index is 0.0898. The molecule has 1 aromatic heterocycles. The fraction of sp³-hybridized carbons (Fsp3) is 0.200. The second kappa shape index (κ2) is 5.15. The van der Waals surface area contributed by atoms with Crippen molar-refractivity contribution in [1.29, 1.82) is 0 Å². The predicted molar refractivity (Wildman–Crippen MR) is 64.3 cm³/mol. The molecule has 0 spiro atoms. The van der Waals surface area contributed by atoms with Crippen molar-refractivity contribution in [2.45, 2.75) is 23.6 Å². The summed E-state index contributed by atoms with van der Waals surface area (Å²) in [4.78, 5) is 15.1. The van der Waals surface area contributed by atoms with E-state index in [1.54, 1.807) is 19.1 Å². The van der Waals surface area contributed by atoms with Crippen molar-refractivity contribution >= 4 is 17.4 Å². The van der Waals surface area contributed by atoms with Crippen LogP contribution in [0.1, 0.15) is 11.4 Å². The first-order chi connectivity index (χ1) is 8.60. The van der Waals surface area contributed by atoms with Crippen LogP contribution in [0.5, 0.6) is 0 Å². The lowest BCUT2D eigenvalue weighted by atomic mass is 10.2. The number of nitro benzene ring substituents is 1. The van der Waals surface area contributed by atoms with E-state index in [1.165, 1.54) is 17.8 Å². The lowest BCUT2D eigenvalue weighted by molar-refractivity contribution is -0.385. The van der Waals surface area contributed by atoms with Crippen molar-refractivity contribution in [2.75, 3.05) is 0 Å². The summed E-state index contributed by atoms with van der Waals surface area (Å²) in [6.07, 6.45) is 0. The van der Waals surface area contributed by atoms with Gasteiger partial charge >= 0.3 is 0 Å². The molecule has 0 aliphatic heterocycles. The van der Waals surface area contributed by atoms with Gasteiger partial charge in [0.05, 0.1) is 17.1 Å². The largest absolute Gasteiger partial charge is 0.391 e. The number of hydrogen-bond donors (Lipinski definition) is 2. The number of nitro groups is 1. The van der Waals surface area contributed by atoms with Gasteiger partial charge in [-0.1, -0.05) is 0 Å². The van der Waals surface area contributed by atoms with E-state index in [-0.39, 0.29) is 17.9 Å². The number of aliphatic hydroxyl groups is 1. The van der Waals surface area contributed by atoms with Gasteiger partial charge in [-0.15, -0.1) is 5.10 Å². The first-order valence-electron chi connectivity index (χ1n) is 5.05. The Kier molecular flexibility index (Phi) is 3.58. The van der Waals surface area contributed by atoms with Gasteiger partial charge in [-0.25, -0.2) is 4.98 Å². The van der Waals surface area contributed by atoms with E-state index < -0.39 is 4.92 Å². The number of aromatic nitrogens is 3. The molecule has 0 atom stereocenters. The third-order valence-electron chi connectivity index (χ3n) is 2.20. The van der Waals surface area contributed by atoms with Crippen LogP contribution in [0.15, 0.2) is 28.3 Å². The number of rotatable bonds is 4. The van der Waals surface area contributed by atoms with E-state index >= 15 is 0 Å². The van der Waals surface area contributed by atoms with Crippen molar-refractivity contribution in [3.63, 3.8) is 0 Å². The number of aliphatic hydroxyl groups excluding tert-OH is 1. The number of hydrogen-bond acceptors (Lipinski definition) is 6. The number of benzene rings is 1. The van der Waals surface area contributed by atoms with Crippen LogP contribution in [0, 0.1) is 17.0 Å². The Hall–Kier alpha value is -1.93. The van der Waals surface area contributed by atoms with Gasteiger partial charge in [-0.2, -0.15) is 0 Å². The summed E-state index contributed by atoms with van der Waals surface area (Å²) in [5.41, 5.74) is 0.185. The standard InChI is InChI=1S/C10H10N4O3S/c1-6-11-10(13-12-6)18-8-2-3-9(14(16)17)7(4-8)5-15/h2-4,15H,5H2,1H3,(H,11,12,13). The minimum atomic E-state index is -0.517. The molecule has 0 saturated heterocycles. The van der Waals surface area contributed by atoms with Crippen LogP contribution < -0.4 is 0 Å². The van der Waals surface area contributed by atoms with Crippen molar-refractivity contribution in [3.8, 4) is 0 Å². The normalized spacial score (nSPS) is 10.6. The molecular formula is C10H10N4O3S. The molecule has 7 nitrogen and oxygen atoms in total. The number of nitrogens with one attached hydrogen (secondary N) is 1. The molecule has 2 rings (SSSR count). The maximum Gasteiger partial charge on any atom is 0.274 e. The Labute approximate surface area is 106 Å². The quantitative estimate of drug-likeness (QED) is 0.644. The van der Waals surface area contributed by atoms with Crippen LogP contribution in [-0.4, -0.2) is 25.2 Å². The lowest BCUT2D eigenvalue weighted by Crippen LogP contribution is -1.95. The Balaban J connectivity index is 2.27. The van der Waals surface area contributed by atoms with E-state index in [0.717, 1.165) is 4.90 Å². The summed E-state index contributed by atoms with van der Waals surface area (Å²) < 4.78 is 0. The number of H-pyrrole nitrogens is 1. The molecule has 2 aromatic rings. The predicted octanol–water partition coefficient (Wildman–Crippen LogP) is 1.66. The molecule has 0 aliphatic rings. The summed E-state index contributed by atoms with van der Waals surface area (Å²) in [5.74, 6) is 0.696. The van der Waals surface area contributed by atoms with E-state index in [9.17, 15) is 10.1 Å². The van der Waals surface area contributed by atoms with Crippen LogP contribution >= 0.6 is 11.8 Å². The third-order valence-corrected chi connectivity index (χ3v) is 3.06. The summed E-state index contributed by atoms with van der Waals surface area (Å²) in [5, 5.41) is 27.0. The van der Waals surface area contributed by atoms with E-state index in [1.807, 2.05) is 0 Å². The molecular weight excluding hydrogens is 256 g/mol. The van der Waals surface area contributed by atoms with E-state index in [4.69, 9.17) is 5.11 Å². The Morgan fingerprint density at radius 3 is 2.89 bits per heavy atom. The monoisotopic (exact) mass is 266 g/mol. The summed E-state index contributed by atoms with van der Waals surface area (Å²) in [7, 11) is 0. The van der Waals surface area contributed by atoms with Gasteiger partial charge in [0, 0.05) is 11.0 Å². The first kappa shape index (κ1) is 12.5. The van der Waals surface area contributed by atoms with Crippen molar-refractivity contribution in [2.24, 2.45) is 0 Å². The smallest absolute Gasteiger partial charge is 0.274 e. The van der Waals surface area contributed by atoms with Gasteiger partial charge in [0.1, 0.15) is 5.82 Å². The van der Waals surface area contributed by atoms with E-state index in [2.05, 4.69) is 15.2 Å². The zero-order valence-electron chi connectivity index (χ0n) is 9.45. The van der Waals surface area contributed by atoms with Gasteiger partial charge in [-0.05, 0) is 30.8 Å². The topological polar surface area (TPSA) is 105 Å². The van der Waals surface area contributed by atoms with Crippen LogP contribution in [0.3, 0.4) is 0 Å². The van der Waals surface area contributed by atoms with Crippen LogP contribution in [-0.2, 0) is 6.61 Å². The second-order valence-corrected chi connectivity index (χ2v) is 4.55. The highest BCUT2D eigenvalue weighted by molar-refractivity contribution is 7.99. The molecule has 0 radical (unpaired) electrons. The van der Waals surface area contributed by atoms with Crippen LogP contribution in [0.2, 0.25) is 0 Å². The molecule has 18 heavy (non-hydrogen) atoms. The Morgan fingerprint density at radius 2 is 2.33 bits per heavy atom. The molecule has 1 heterocycles. The zero-order chi connectivity index (χ0) is 13.1. The van der Waals surface area contributed by atoms with Crippen molar-refractivity contribution in [3.05, 3.63) is 39.7 Å². The highest BCUT2D eigenvalue weighted by Crippen LogP contribution is 2.29. The van der Waals surface area contributed by atoms with Gasteiger partial charge < -0.3 is 5.11 Å². The summed E-state index contributed by atoms with van der Waals surface area (Å²) in [6.45, 7) is 1.41. The van der Waals surface area contributed by atoms with Crippen LogP contribution in [0.4, 0.5) is 5.69 Å². The fourth-order valence-electron chi connectivity index (χ4n) is 1.40. The second-order valence-electron chi connectivity index (χ2n) is 3.51. The minimum Gasteiger partial charge on any atom is -0.391 e. The van der Waals surface area contributed by atoms with Gasteiger partial charge in [0.15, 0.2) is 0 Å². The summed E-state index contributed by atoms with van der Waals surface area (Å²) in [6, 6.07) is 4.54. The van der Waals surface area contributed by atoms with Crippen molar-refractivity contribution in [1.82, 2.24) is 15.2 Å². The number of nitrogens with zero attached hydrogens (tertiary/aromatic N) is 3. The van der Waals surface area contributed by atoms with Gasteiger partial charge in [-0.3, -0.25) is 15.2 Å². The molecule has 0 saturated carbocycles. The zero-order valence-corrected chi connectivity index (χ0v) is 10.3. The summed E-state index contributed by atoms with van der Waals surface area (Å²) >= 11 is 1.27. The average molecular weight is 266 g/mol. The lowest BCUT2D eigenvalue weighted by Gasteiger charge is -2.02. The Morgan fingerprint density at radius 1 is 1.56 bits per heavy atom. The van der Waals surface area contributed by atoms with Gasteiger partial charge in [0.2, 0.25) is 5.16 Å². The van der Waals surface area contributed by atoms with Crippen molar-refractivity contribution < 1.29 is 10.0 Å². The number of aromatic amines is 1. The maximum atomic E-state index is 10.7. The third kappa shape index (κ3) is 2.66. The fourth-order valence-corrected chi connectivity index (χ4v) is 2.23. The molecule has 0 unspecified atom stereocenters. The maximum absolute atomic E-state index is 10.7. The average Bonchev–Trinajstić information content (AvgIpc) is 2.74.